The number of rotatable bonds is 6. The summed E-state index contributed by atoms with van der Waals surface area (Å²) in [6.07, 6.45) is 1.96. The fourth-order valence-electron chi connectivity index (χ4n) is 1.95. The minimum absolute atomic E-state index is 0.661. The van der Waals surface area contributed by atoms with Crippen molar-refractivity contribution in [2.75, 3.05) is 6.54 Å². The lowest BCUT2D eigenvalue weighted by Gasteiger charge is -2.11. The number of halogens is 1. The van der Waals surface area contributed by atoms with Gasteiger partial charge in [-0.2, -0.15) is 0 Å². The molecule has 0 aromatic carbocycles. The fourth-order valence-corrected chi connectivity index (χ4v) is 3.03. The standard InChI is InChI=1S/C14H20ClN3S/c1-10(2)6-16-7-12-8-17-11(3)18(12)9-13-4-5-14(15)19-13/h4-5,8,10,16H,6-7,9H2,1-3H3. The Kier molecular flexibility index (Phi) is 5.02. The summed E-state index contributed by atoms with van der Waals surface area (Å²) < 4.78 is 3.09. The van der Waals surface area contributed by atoms with E-state index in [9.17, 15) is 0 Å². The van der Waals surface area contributed by atoms with Crippen molar-refractivity contribution in [3.63, 3.8) is 0 Å². The summed E-state index contributed by atoms with van der Waals surface area (Å²) >= 11 is 7.61. The van der Waals surface area contributed by atoms with Gasteiger partial charge in [-0.3, -0.25) is 0 Å². The maximum atomic E-state index is 5.98. The molecule has 0 spiro atoms. The molecule has 2 heterocycles. The molecule has 0 aliphatic rings. The number of hydrogen-bond donors (Lipinski definition) is 1. The summed E-state index contributed by atoms with van der Waals surface area (Å²) in [6.45, 7) is 9.20. The normalized spacial score (nSPS) is 11.4. The van der Waals surface area contributed by atoms with Crippen LogP contribution in [0.4, 0.5) is 0 Å². The maximum absolute atomic E-state index is 5.98. The average Bonchev–Trinajstić information content (AvgIpc) is 2.89. The first-order valence-corrected chi connectivity index (χ1v) is 7.71. The van der Waals surface area contributed by atoms with E-state index in [1.807, 2.05) is 19.2 Å². The molecule has 0 aliphatic carbocycles. The molecular formula is C14H20ClN3S. The van der Waals surface area contributed by atoms with Gasteiger partial charge >= 0.3 is 0 Å². The quantitative estimate of drug-likeness (QED) is 0.881. The largest absolute Gasteiger partial charge is 0.326 e. The van der Waals surface area contributed by atoms with Crippen LogP contribution in [0.25, 0.3) is 0 Å². The van der Waals surface area contributed by atoms with Crippen molar-refractivity contribution >= 4 is 22.9 Å². The van der Waals surface area contributed by atoms with Gasteiger partial charge in [0.25, 0.3) is 0 Å². The van der Waals surface area contributed by atoms with Crippen LogP contribution in [0.2, 0.25) is 4.34 Å². The molecule has 0 bridgehead atoms. The lowest BCUT2D eigenvalue weighted by atomic mass is 10.2. The molecular weight excluding hydrogens is 278 g/mol. The van der Waals surface area contributed by atoms with Crippen molar-refractivity contribution in [1.29, 1.82) is 0 Å². The Morgan fingerprint density at radius 1 is 1.42 bits per heavy atom. The van der Waals surface area contributed by atoms with Crippen molar-refractivity contribution in [2.45, 2.75) is 33.9 Å². The summed E-state index contributed by atoms with van der Waals surface area (Å²) in [5.41, 5.74) is 1.22. The zero-order chi connectivity index (χ0) is 13.8. The second-order valence-corrected chi connectivity index (χ2v) is 6.91. The number of nitrogens with zero attached hydrogens (tertiary/aromatic N) is 2. The molecule has 2 rings (SSSR count). The van der Waals surface area contributed by atoms with Crippen LogP contribution in [-0.2, 0) is 13.1 Å². The van der Waals surface area contributed by atoms with Crippen LogP contribution < -0.4 is 5.32 Å². The molecule has 0 unspecified atom stereocenters. The number of aromatic nitrogens is 2. The average molecular weight is 298 g/mol. The fraction of sp³-hybridized carbons (Fsp3) is 0.500. The Morgan fingerprint density at radius 3 is 2.84 bits per heavy atom. The van der Waals surface area contributed by atoms with Crippen molar-refractivity contribution in [3.8, 4) is 0 Å². The number of thiophene rings is 1. The van der Waals surface area contributed by atoms with Crippen molar-refractivity contribution in [1.82, 2.24) is 14.9 Å². The third kappa shape index (κ3) is 4.06. The van der Waals surface area contributed by atoms with Crippen LogP contribution in [0.15, 0.2) is 18.3 Å². The summed E-state index contributed by atoms with van der Waals surface area (Å²) in [5.74, 6) is 1.71. The highest BCUT2D eigenvalue weighted by molar-refractivity contribution is 7.16. The van der Waals surface area contributed by atoms with E-state index in [4.69, 9.17) is 11.6 Å². The number of imidazole rings is 1. The first-order valence-electron chi connectivity index (χ1n) is 6.52. The molecule has 0 fully saturated rings. The molecule has 0 atom stereocenters. The van der Waals surface area contributed by atoms with E-state index in [2.05, 4.69) is 34.8 Å². The highest BCUT2D eigenvalue weighted by Crippen LogP contribution is 2.23. The van der Waals surface area contributed by atoms with Gasteiger partial charge in [0.1, 0.15) is 5.82 Å². The Balaban J connectivity index is 2.05. The SMILES string of the molecule is Cc1ncc(CNCC(C)C)n1Cc1ccc(Cl)s1. The summed E-state index contributed by atoms with van der Waals surface area (Å²) in [5, 5.41) is 3.46. The molecule has 2 aromatic heterocycles. The number of aryl methyl sites for hydroxylation is 1. The van der Waals surface area contributed by atoms with Crippen LogP contribution in [0.3, 0.4) is 0 Å². The second kappa shape index (κ2) is 6.55. The molecule has 3 nitrogen and oxygen atoms in total. The predicted molar refractivity (Wildman–Crippen MR) is 81.9 cm³/mol. The third-order valence-corrected chi connectivity index (χ3v) is 4.16. The Morgan fingerprint density at radius 2 is 2.21 bits per heavy atom. The van der Waals surface area contributed by atoms with Crippen LogP contribution in [0.5, 0.6) is 0 Å². The zero-order valence-electron chi connectivity index (χ0n) is 11.6. The van der Waals surface area contributed by atoms with E-state index in [1.165, 1.54) is 10.6 Å². The highest BCUT2D eigenvalue weighted by atomic mass is 35.5. The lowest BCUT2D eigenvalue weighted by Crippen LogP contribution is -2.21. The smallest absolute Gasteiger partial charge is 0.106 e. The first-order chi connectivity index (χ1) is 9.06. The second-order valence-electron chi connectivity index (χ2n) is 5.11. The molecule has 0 saturated heterocycles. The van der Waals surface area contributed by atoms with Crippen LogP contribution in [0.1, 0.15) is 30.2 Å². The molecule has 5 heteroatoms. The molecule has 0 aliphatic heterocycles. The Labute approximate surface area is 123 Å². The van der Waals surface area contributed by atoms with Crippen molar-refractivity contribution in [3.05, 3.63) is 39.1 Å². The minimum atomic E-state index is 0.661. The van der Waals surface area contributed by atoms with Gasteiger partial charge in [-0.25, -0.2) is 4.98 Å². The van der Waals surface area contributed by atoms with Gasteiger partial charge in [0, 0.05) is 17.6 Å². The van der Waals surface area contributed by atoms with Gasteiger partial charge in [-0.1, -0.05) is 25.4 Å². The number of nitrogens with one attached hydrogen (secondary N) is 1. The van der Waals surface area contributed by atoms with Crippen LogP contribution in [-0.4, -0.2) is 16.1 Å². The lowest BCUT2D eigenvalue weighted by molar-refractivity contribution is 0.538. The monoisotopic (exact) mass is 297 g/mol. The van der Waals surface area contributed by atoms with Gasteiger partial charge < -0.3 is 9.88 Å². The van der Waals surface area contributed by atoms with Gasteiger partial charge in [0.15, 0.2) is 0 Å². The zero-order valence-corrected chi connectivity index (χ0v) is 13.2. The molecule has 104 valence electrons. The summed E-state index contributed by atoms with van der Waals surface area (Å²) in [7, 11) is 0. The topological polar surface area (TPSA) is 29.9 Å². The third-order valence-electron chi connectivity index (χ3n) is 2.94. The van der Waals surface area contributed by atoms with Gasteiger partial charge in [-0.15, -0.1) is 11.3 Å². The molecule has 0 radical (unpaired) electrons. The first kappa shape index (κ1) is 14.6. The van der Waals surface area contributed by atoms with Gasteiger partial charge in [0.2, 0.25) is 0 Å². The van der Waals surface area contributed by atoms with Crippen LogP contribution >= 0.6 is 22.9 Å². The predicted octanol–water partition coefficient (Wildman–Crippen LogP) is 3.70. The molecule has 0 amide bonds. The minimum Gasteiger partial charge on any atom is -0.326 e. The van der Waals surface area contributed by atoms with Crippen LogP contribution in [0, 0.1) is 12.8 Å². The van der Waals surface area contributed by atoms with E-state index in [0.29, 0.717) is 5.92 Å². The summed E-state index contributed by atoms with van der Waals surface area (Å²) in [6, 6.07) is 4.03. The molecule has 19 heavy (non-hydrogen) atoms. The van der Waals surface area contributed by atoms with Gasteiger partial charge in [0.05, 0.1) is 16.6 Å². The maximum Gasteiger partial charge on any atom is 0.106 e. The Hall–Kier alpha value is -0.840. The van der Waals surface area contributed by atoms with E-state index < -0.39 is 0 Å². The van der Waals surface area contributed by atoms with Crippen molar-refractivity contribution < 1.29 is 0 Å². The number of hydrogen-bond acceptors (Lipinski definition) is 3. The van der Waals surface area contributed by atoms with E-state index >= 15 is 0 Å². The Bertz CT molecular complexity index is 531. The molecule has 2 aromatic rings. The van der Waals surface area contributed by atoms with E-state index in [0.717, 1.165) is 29.8 Å². The highest BCUT2D eigenvalue weighted by Gasteiger charge is 2.08. The summed E-state index contributed by atoms with van der Waals surface area (Å²) in [4.78, 5) is 5.67. The van der Waals surface area contributed by atoms with Crippen molar-refractivity contribution in [2.24, 2.45) is 5.92 Å². The molecule has 1 N–H and O–H groups in total. The van der Waals surface area contributed by atoms with E-state index in [1.54, 1.807) is 11.3 Å². The van der Waals surface area contributed by atoms with E-state index in [-0.39, 0.29) is 0 Å². The van der Waals surface area contributed by atoms with Gasteiger partial charge in [-0.05, 0) is 31.5 Å². The molecule has 0 saturated carbocycles.